The van der Waals surface area contributed by atoms with Gasteiger partial charge in [0.1, 0.15) is 5.82 Å². The molecule has 1 aromatic heterocycles. The summed E-state index contributed by atoms with van der Waals surface area (Å²) in [4.78, 5) is 11.1. The van der Waals surface area contributed by atoms with E-state index in [1.165, 1.54) is 0 Å². The van der Waals surface area contributed by atoms with Gasteiger partial charge in [0.05, 0.1) is 0 Å². The summed E-state index contributed by atoms with van der Waals surface area (Å²) < 4.78 is 38.0. The van der Waals surface area contributed by atoms with Crippen molar-refractivity contribution in [2.45, 2.75) is 12.6 Å². The topological polar surface area (TPSA) is 32.3 Å². The molecule has 1 saturated heterocycles. The first-order chi connectivity index (χ1) is 8.86. The highest BCUT2D eigenvalue weighted by Gasteiger charge is 2.34. The molecule has 0 bridgehead atoms. The number of aromatic nitrogens is 2. The van der Waals surface area contributed by atoms with E-state index >= 15 is 0 Å². The average Bonchev–Trinajstić information content (AvgIpc) is 2.52. The zero-order valence-corrected chi connectivity index (χ0v) is 11.2. The fourth-order valence-electron chi connectivity index (χ4n) is 1.99. The van der Waals surface area contributed by atoms with E-state index in [0.717, 1.165) is 25.6 Å². The third kappa shape index (κ3) is 3.70. The third-order valence-corrected chi connectivity index (χ3v) is 3.19. The highest BCUT2D eigenvalue weighted by Crippen LogP contribution is 2.30. The van der Waals surface area contributed by atoms with Crippen molar-refractivity contribution in [3.8, 4) is 0 Å². The van der Waals surface area contributed by atoms with E-state index in [2.05, 4.69) is 14.9 Å². The van der Waals surface area contributed by atoms with Gasteiger partial charge in [-0.25, -0.2) is 9.97 Å². The molecule has 19 heavy (non-hydrogen) atoms. The molecule has 1 aromatic rings. The molecule has 1 aliphatic rings. The third-order valence-electron chi connectivity index (χ3n) is 3.02. The van der Waals surface area contributed by atoms with Crippen molar-refractivity contribution in [1.29, 1.82) is 0 Å². The molecule has 0 N–H and O–H groups in total. The van der Waals surface area contributed by atoms with E-state index in [1.807, 2.05) is 11.9 Å². The SMILES string of the molecule is CN1CCCN(c2cc(C(F)(F)F)nc(Cl)n2)CC1. The molecule has 0 amide bonds. The first-order valence-corrected chi connectivity index (χ1v) is 6.29. The number of hydrogen-bond acceptors (Lipinski definition) is 4. The first-order valence-electron chi connectivity index (χ1n) is 5.91. The summed E-state index contributed by atoms with van der Waals surface area (Å²) in [5.74, 6) is 0.239. The molecule has 1 aliphatic heterocycles. The Hall–Kier alpha value is -1.08. The van der Waals surface area contributed by atoms with Crippen molar-refractivity contribution in [3.05, 3.63) is 17.0 Å². The second kappa shape index (κ2) is 5.50. The molecule has 0 atom stereocenters. The molecule has 0 radical (unpaired) electrons. The average molecular weight is 295 g/mol. The van der Waals surface area contributed by atoms with Crippen molar-refractivity contribution >= 4 is 17.4 Å². The van der Waals surface area contributed by atoms with E-state index in [9.17, 15) is 13.2 Å². The van der Waals surface area contributed by atoms with Gasteiger partial charge in [-0.15, -0.1) is 0 Å². The summed E-state index contributed by atoms with van der Waals surface area (Å²) in [6.45, 7) is 2.99. The Morgan fingerprint density at radius 2 is 1.89 bits per heavy atom. The number of nitrogens with zero attached hydrogens (tertiary/aromatic N) is 4. The largest absolute Gasteiger partial charge is 0.433 e. The molecule has 4 nitrogen and oxygen atoms in total. The van der Waals surface area contributed by atoms with Crippen LogP contribution in [0.25, 0.3) is 0 Å². The molecule has 0 spiro atoms. The Balaban J connectivity index is 2.26. The zero-order chi connectivity index (χ0) is 14.0. The Labute approximate surface area is 114 Å². The Kier molecular flexibility index (Phi) is 4.15. The van der Waals surface area contributed by atoms with E-state index in [1.54, 1.807) is 0 Å². The van der Waals surface area contributed by atoms with Crippen molar-refractivity contribution < 1.29 is 13.2 Å². The van der Waals surface area contributed by atoms with Crippen molar-refractivity contribution in [2.24, 2.45) is 0 Å². The maximum absolute atomic E-state index is 12.7. The Bertz CT molecular complexity index is 452. The first kappa shape index (κ1) is 14.3. The molecule has 8 heteroatoms. The van der Waals surface area contributed by atoms with Gasteiger partial charge in [0, 0.05) is 25.7 Å². The lowest BCUT2D eigenvalue weighted by Crippen LogP contribution is -2.30. The lowest BCUT2D eigenvalue weighted by atomic mass is 10.3. The van der Waals surface area contributed by atoms with Gasteiger partial charge in [-0.2, -0.15) is 13.2 Å². The number of rotatable bonds is 1. The predicted octanol–water partition coefficient (Wildman–Crippen LogP) is 2.29. The van der Waals surface area contributed by atoms with Gasteiger partial charge in [-0.1, -0.05) is 0 Å². The minimum absolute atomic E-state index is 0.239. The van der Waals surface area contributed by atoms with Crippen LogP contribution in [0.4, 0.5) is 19.0 Å². The van der Waals surface area contributed by atoms with Gasteiger partial charge in [-0.3, -0.25) is 0 Å². The molecular formula is C11H14ClF3N4. The quantitative estimate of drug-likeness (QED) is 0.744. The van der Waals surface area contributed by atoms with Crippen LogP contribution in [-0.2, 0) is 6.18 Å². The van der Waals surface area contributed by atoms with E-state index in [-0.39, 0.29) is 11.1 Å². The van der Waals surface area contributed by atoms with Crippen LogP contribution in [0.5, 0.6) is 0 Å². The highest BCUT2D eigenvalue weighted by atomic mass is 35.5. The van der Waals surface area contributed by atoms with Gasteiger partial charge in [0.25, 0.3) is 0 Å². The lowest BCUT2D eigenvalue weighted by Gasteiger charge is -2.22. The molecule has 0 aromatic carbocycles. The van der Waals surface area contributed by atoms with E-state index < -0.39 is 11.9 Å². The standard InChI is InChI=1S/C11H14ClF3N4/c1-18-3-2-4-19(6-5-18)9-7-8(11(13,14)15)16-10(12)17-9/h7H,2-6H2,1H3. The zero-order valence-electron chi connectivity index (χ0n) is 10.4. The van der Waals surface area contributed by atoms with Crippen molar-refractivity contribution in [2.75, 3.05) is 38.1 Å². The number of halogens is 4. The van der Waals surface area contributed by atoms with Crippen LogP contribution in [0.2, 0.25) is 5.28 Å². The fraction of sp³-hybridized carbons (Fsp3) is 0.636. The number of anilines is 1. The van der Waals surface area contributed by atoms with Crippen LogP contribution < -0.4 is 4.90 Å². The molecule has 1 fully saturated rings. The van der Waals surface area contributed by atoms with Gasteiger partial charge >= 0.3 is 6.18 Å². The van der Waals surface area contributed by atoms with Gasteiger partial charge in [-0.05, 0) is 31.6 Å². The van der Waals surface area contributed by atoms with Crippen LogP contribution in [-0.4, -0.2) is 48.1 Å². The molecule has 2 rings (SSSR count). The molecule has 2 heterocycles. The number of hydrogen-bond donors (Lipinski definition) is 0. The van der Waals surface area contributed by atoms with Crippen LogP contribution >= 0.6 is 11.6 Å². The number of alkyl halides is 3. The monoisotopic (exact) mass is 294 g/mol. The van der Waals surface area contributed by atoms with Crippen LogP contribution in [0.15, 0.2) is 6.07 Å². The molecule has 0 aliphatic carbocycles. The minimum Gasteiger partial charge on any atom is -0.355 e. The maximum atomic E-state index is 12.7. The molecular weight excluding hydrogens is 281 g/mol. The summed E-state index contributed by atoms with van der Waals surface area (Å²) in [7, 11) is 1.98. The van der Waals surface area contributed by atoms with Crippen LogP contribution in [0.1, 0.15) is 12.1 Å². The van der Waals surface area contributed by atoms with E-state index in [4.69, 9.17) is 11.6 Å². The predicted molar refractivity (Wildman–Crippen MR) is 66.4 cm³/mol. The second-order valence-electron chi connectivity index (χ2n) is 4.52. The smallest absolute Gasteiger partial charge is 0.355 e. The molecule has 106 valence electrons. The van der Waals surface area contributed by atoms with Crippen molar-refractivity contribution in [3.63, 3.8) is 0 Å². The van der Waals surface area contributed by atoms with E-state index in [0.29, 0.717) is 13.1 Å². The fourth-order valence-corrected chi connectivity index (χ4v) is 2.17. The summed E-state index contributed by atoms with van der Waals surface area (Å²) >= 11 is 5.59. The molecule has 0 unspecified atom stereocenters. The van der Waals surface area contributed by atoms with Crippen molar-refractivity contribution in [1.82, 2.24) is 14.9 Å². The summed E-state index contributed by atoms with van der Waals surface area (Å²) in [6, 6.07) is 0.956. The van der Waals surface area contributed by atoms with Gasteiger partial charge in [0.2, 0.25) is 5.28 Å². The normalized spacial score (nSPS) is 18.5. The lowest BCUT2D eigenvalue weighted by molar-refractivity contribution is -0.141. The van der Waals surface area contributed by atoms with Crippen LogP contribution in [0.3, 0.4) is 0 Å². The summed E-state index contributed by atoms with van der Waals surface area (Å²) in [6.07, 6.45) is -3.64. The number of likely N-dealkylation sites (N-methyl/N-ethyl adjacent to an activating group) is 1. The Morgan fingerprint density at radius 3 is 2.58 bits per heavy atom. The van der Waals surface area contributed by atoms with Gasteiger partial charge in [0.15, 0.2) is 5.69 Å². The second-order valence-corrected chi connectivity index (χ2v) is 4.86. The summed E-state index contributed by atoms with van der Waals surface area (Å²) in [5, 5.41) is -0.373. The summed E-state index contributed by atoms with van der Waals surface area (Å²) in [5.41, 5.74) is -1.000. The highest BCUT2D eigenvalue weighted by molar-refractivity contribution is 6.28. The Morgan fingerprint density at radius 1 is 1.16 bits per heavy atom. The molecule has 0 saturated carbocycles. The maximum Gasteiger partial charge on any atom is 0.433 e. The minimum atomic E-state index is -4.51. The van der Waals surface area contributed by atoms with Crippen LogP contribution in [0, 0.1) is 0 Å². The van der Waals surface area contributed by atoms with Gasteiger partial charge < -0.3 is 9.80 Å².